The molecule has 0 aliphatic rings. The van der Waals surface area contributed by atoms with Crippen LogP contribution in [-0.2, 0) is 4.79 Å². The molecule has 0 spiro atoms. The van der Waals surface area contributed by atoms with Gasteiger partial charge in [0.2, 0.25) is 6.17 Å². The van der Waals surface area contributed by atoms with Gasteiger partial charge in [-0.05, 0) is 12.1 Å². The lowest BCUT2D eigenvalue weighted by atomic mass is 10.2. The molecule has 0 saturated carbocycles. The van der Waals surface area contributed by atoms with E-state index in [0.29, 0.717) is 0 Å². The lowest BCUT2D eigenvalue weighted by Gasteiger charge is -1.99. The van der Waals surface area contributed by atoms with Crippen molar-refractivity contribution in [2.75, 3.05) is 0 Å². The van der Waals surface area contributed by atoms with Crippen molar-refractivity contribution < 1.29 is 14.3 Å². The van der Waals surface area contributed by atoms with Gasteiger partial charge in [0.15, 0.2) is 0 Å². The quantitative estimate of drug-likeness (QED) is 0.697. The van der Waals surface area contributed by atoms with Crippen LogP contribution in [0.2, 0.25) is 0 Å². The second-order valence-corrected chi connectivity index (χ2v) is 1.96. The maximum Gasteiger partial charge on any atom is 0.344 e. The fourth-order valence-electron chi connectivity index (χ4n) is 0.652. The van der Waals surface area contributed by atoms with Gasteiger partial charge in [0.25, 0.3) is 0 Å². The van der Waals surface area contributed by atoms with Crippen molar-refractivity contribution in [1.82, 2.24) is 4.98 Å². The number of hydrogen-bond acceptors (Lipinski definition) is 2. The lowest BCUT2D eigenvalue weighted by molar-refractivity contribution is -0.143. The van der Waals surface area contributed by atoms with Crippen LogP contribution in [0.1, 0.15) is 11.9 Å². The van der Waals surface area contributed by atoms with Gasteiger partial charge in [-0.3, -0.25) is 4.98 Å². The minimum atomic E-state index is -2.02. The van der Waals surface area contributed by atoms with Crippen LogP contribution in [0, 0.1) is 0 Å². The summed E-state index contributed by atoms with van der Waals surface area (Å²) in [6, 6.07) is 4.47. The number of aromatic nitrogens is 1. The second-order valence-electron chi connectivity index (χ2n) is 1.96. The Balaban J connectivity index is 2.85. The fourth-order valence-corrected chi connectivity index (χ4v) is 0.652. The summed E-state index contributed by atoms with van der Waals surface area (Å²) in [7, 11) is 0. The van der Waals surface area contributed by atoms with Gasteiger partial charge < -0.3 is 5.11 Å². The number of alkyl halides is 1. The molecule has 4 heteroatoms. The number of carbonyl (C=O) groups is 1. The summed E-state index contributed by atoms with van der Waals surface area (Å²) in [5.41, 5.74) is -0.0694. The minimum Gasteiger partial charge on any atom is -0.479 e. The first kappa shape index (κ1) is 7.65. The van der Waals surface area contributed by atoms with E-state index in [1.807, 2.05) is 0 Å². The van der Waals surface area contributed by atoms with Gasteiger partial charge in [0.05, 0.1) is 5.69 Å². The first-order valence-electron chi connectivity index (χ1n) is 2.99. The van der Waals surface area contributed by atoms with Gasteiger partial charge >= 0.3 is 5.97 Å². The van der Waals surface area contributed by atoms with Gasteiger partial charge in [-0.2, -0.15) is 0 Å². The molecule has 0 aromatic carbocycles. The highest BCUT2D eigenvalue weighted by atomic mass is 19.1. The Hall–Kier alpha value is -1.45. The van der Waals surface area contributed by atoms with E-state index in [1.165, 1.54) is 18.3 Å². The molecule has 0 radical (unpaired) electrons. The highest BCUT2D eigenvalue weighted by Gasteiger charge is 2.18. The third-order valence-electron chi connectivity index (χ3n) is 1.16. The topological polar surface area (TPSA) is 50.2 Å². The van der Waals surface area contributed by atoms with Crippen LogP contribution in [0.3, 0.4) is 0 Å². The van der Waals surface area contributed by atoms with E-state index in [4.69, 9.17) is 5.11 Å². The third-order valence-corrected chi connectivity index (χ3v) is 1.16. The summed E-state index contributed by atoms with van der Waals surface area (Å²) in [5.74, 6) is -1.51. The molecule has 0 aliphatic heterocycles. The molecule has 1 aromatic rings. The maximum absolute atomic E-state index is 12.6. The summed E-state index contributed by atoms with van der Waals surface area (Å²) >= 11 is 0. The molecule has 1 atom stereocenters. The van der Waals surface area contributed by atoms with Crippen LogP contribution >= 0.6 is 0 Å². The molecule has 0 aliphatic carbocycles. The first-order valence-corrected chi connectivity index (χ1v) is 2.99. The molecule has 3 nitrogen and oxygen atoms in total. The average molecular weight is 155 g/mol. The van der Waals surface area contributed by atoms with E-state index in [0.717, 1.165) is 0 Å². The van der Waals surface area contributed by atoms with Gasteiger partial charge in [-0.1, -0.05) is 6.07 Å². The number of rotatable bonds is 2. The molecule has 58 valence electrons. The highest BCUT2D eigenvalue weighted by Crippen LogP contribution is 2.13. The Labute approximate surface area is 62.5 Å². The van der Waals surface area contributed by atoms with Gasteiger partial charge in [-0.25, -0.2) is 9.18 Å². The first-order chi connectivity index (χ1) is 5.22. The fraction of sp³-hybridized carbons (Fsp3) is 0.143. The average Bonchev–Trinajstić information content (AvgIpc) is 2.05. The molecule has 1 unspecified atom stereocenters. The number of hydrogen-bond donors (Lipinski definition) is 1. The zero-order valence-electron chi connectivity index (χ0n) is 5.57. The van der Waals surface area contributed by atoms with Crippen molar-refractivity contribution in [3.63, 3.8) is 0 Å². The summed E-state index contributed by atoms with van der Waals surface area (Å²) in [5, 5.41) is 8.22. The monoisotopic (exact) mass is 155 g/mol. The number of pyridine rings is 1. The van der Waals surface area contributed by atoms with E-state index in [-0.39, 0.29) is 5.69 Å². The van der Waals surface area contributed by atoms with Crippen molar-refractivity contribution in [3.8, 4) is 0 Å². The van der Waals surface area contributed by atoms with Crippen molar-refractivity contribution in [1.29, 1.82) is 0 Å². The van der Waals surface area contributed by atoms with E-state index in [9.17, 15) is 9.18 Å². The Morgan fingerprint density at radius 2 is 2.36 bits per heavy atom. The number of halogens is 1. The Bertz CT molecular complexity index is 250. The molecule has 1 heterocycles. The zero-order chi connectivity index (χ0) is 8.27. The van der Waals surface area contributed by atoms with Gasteiger partial charge in [0, 0.05) is 6.20 Å². The van der Waals surface area contributed by atoms with Gasteiger partial charge in [-0.15, -0.1) is 0 Å². The van der Waals surface area contributed by atoms with E-state index in [2.05, 4.69) is 4.98 Å². The molecule has 0 fully saturated rings. The molecule has 11 heavy (non-hydrogen) atoms. The van der Waals surface area contributed by atoms with Crippen LogP contribution in [-0.4, -0.2) is 16.1 Å². The van der Waals surface area contributed by atoms with Crippen LogP contribution in [0.25, 0.3) is 0 Å². The lowest BCUT2D eigenvalue weighted by Crippen LogP contribution is -2.07. The number of aliphatic carboxylic acids is 1. The van der Waals surface area contributed by atoms with Gasteiger partial charge in [0.1, 0.15) is 0 Å². The minimum absolute atomic E-state index is 0.0694. The molecule has 1 aromatic heterocycles. The maximum atomic E-state index is 12.6. The van der Waals surface area contributed by atoms with Crippen LogP contribution in [0.15, 0.2) is 24.4 Å². The van der Waals surface area contributed by atoms with Crippen molar-refractivity contribution in [3.05, 3.63) is 30.1 Å². The Kier molecular flexibility index (Phi) is 2.15. The molecular formula is C7H6FNO2. The Morgan fingerprint density at radius 1 is 1.64 bits per heavy atom. The van der Waals surface area contributed by atoms with Crippen molar-refractivity contribution in [2.24, 2.45) is 0 Å². The molecule has 1 rings (SSSR count). The van der Waals surface area contributed by atoms with Crippen molar-refractivity contribution >= 4 is 5.97 Å². The SMILES string of the molecule is O=C(O)C(F)c1ccccn1. The largest absolute Gasteiger partial charge is 0.479 e. The number of carboxylic acid groups (broad SMARTS) is 1. The summed E-state index contributed by atoms with van der Waals surface area (Å²) in [6.07, 6.45) is -0.665. The predicted octanol–water partition coefficient (Wildman–Crippen LogP) is 1.18. The second kappa shape index (κ2) is 3.09. The van der Waals surface area contributed by atoms with Crippen molar-refractivity contribution in [2.45, 2.75) is 6.17 Å². The van der Waals surface area contributed by atoms with Crippen LogP contribution in [0.5, 0.6) is 0 Å². The predicted molar refractivity (Wildman–Crippen MR) is 35.7 cm³/mol. The number of carboxylic acids is 1. The summed E-state index contributed by atoms with van der Waals surface area (Å²) in [4.78, 5) is 13.6. The van der Waals surface area contributed by atoms with E-state index >= 15 is 0 Å². The van der Waals surface area contributed by atoms with E-state index in [1.54, 1.807) is 6.07 Å². The smallest absolute Gasteiger partial charge is 0.344 e. The number of nitrogens with zero attached hydrogens (tertiary/aromatic N) is 1. The standard InChI is InChI=1S/C7H6FNO2/c8-6(7(10)11)5-3-1-2-4-9-5/h1-4,6H,(H,10,11). The molecule has 0 amide bonds. The molecule has 0 saturated heterocycles. The Morgan fingerprint density at radius 3 is 2.82 bits per heavy atom. The zero-order valence-corrected chi connectivity index (χ0v) is 5.57. The molecule has 0 bridgehead atoms. The van der Waals surface area contributed by atoms with Crippen LogP contribution in [0.4, 0.5) is 4.39 Å². The van der Waals surface area contributed by atoms with E-state index < -0.39 is 12.1 Å². The summed E-state index contributed by atoms with van der Waals surface area (Å²) < 4.78 is 12.6. The van der Waals surface area contributed by atoms with Crippen LogP contribution < -0.4 is 0 Å². The third kappa shape index (κ3) is 1.73. The normalized spacial score (nSPS) is 12.5. The molecule has 1 N–H and O–H groups in total. The summed E-state index contributed by atoms with van der Waals surface area (Å²) in [6.45, 7) is 0. The molecular weight excluding hydrogens is 149 g/mol. The highest BCUT2D eigenvalue weighted by molar-refractivity contribution is 5.73.